The molecule has 2 heterocycles. The first-order valence-corrected chi connectivity index (χ1v) is 10.2. The Morgan fingerprint density at radius 3 is 2.59 bits per heavy atom. The molecular weight excluding hydrogens is 385 g/mol. The Morgan fingerprint density at radius 2 is 1.93 bits per heavy atom. The Labute approximate surface area is 164 Å². The summed E-state index contributed by atoms with van der Waals surface area (Å²) >= 11 is 3.06. The van der Waals surface area contributed by atoms with Gasteiger partial charge in [0.25, 0.3) is 5.91 Å². The van der Waals surface area contributed by atoms with Crippen molar-refractivity contribution in [3.05, 3.63) is 80.4 Å². The number of hydrogen-bond donors (Lipinski definition) is 1. The van der Waals surface area contributed by atoms with Crippen molar-refractivity contribution in [2.45, 2.75) is 18.9 Å². The van der Waals surface area contributed by atoms with Crippen molar-refractivity contribution in [2.75, 3.05) is 6.61 Å². The van der Waals surface area contributed by atoms with Crippen molar-refractivity contribution in [3.8, 4) is 0 Å². The van der Waals surface area contributed by atoms with Crippen LogP contribution in [-0.4, -0.2) is 18.5 Å². The number of ether oxygens (including phenoxy) is 1. The number of benzene rings is 1. The molecule has 1 unspecified atom stereocenters. The van der Waals surface area contributed by atoms with E-state index in [-0.39, 0.29) is 18.8 Å². The molecule has 3 rings (SSSR count). The van der Waals surface area contributed by atoms with Crippen molar-refractivity contribution >= 4 is 34.6 Å². The zero-order valence-corrected chi connectivity index (χ0v) is 16.0. The molecule has 0 aliphatic heterocycles. The molecule has 0 aliphatic carbocycles. The van der Waals surface area contributed by atoms with Crippen LogP contribution in [0.3, 0.4) is 0 Å². The Kier molecular flexibility index (Phi) is 6.73. The molecule has 27 heavy (non-hydrogen) atoms. The molecule has 0 spiro atoms. The zero-order valence-electron chi connectivity index (χ0n) is 14.4. The minimum Gasteiger partial charge on any atom is -0.456 e. The normalized spacial score (nSPS) is 11.7. The number of amides is 1. The van der Waals surface area contributed by atoms with Gasteiger partial charge < -0.3 is 10.1 Å². The van der Waals surface area contributed by atoms with Crippen LogP contribution in [0.25, 0.3) is 0 Å². The van der Waals surface area contributed by atoms with Gasteiger partial charge in [0.15, 0.2) is 6.61 Å². The summed E-state index contributed by atoms with van der Waals surface area (Å²) in [6.07, 6.45) is 0.827. The van der Waals surface area contributed by atoms with E-state index in [1.54, 1.807) is 23.5 Å². The van der Waals surface area contributed by atoms with Gasteiger partial charge in [0, 0.05) is 11.3 Å². The lowest BCUT2D eigenvalue weighted by Gasteiger charge is -2.18. The second-order valence-electron chi connectivity index (χ2n) is 5.86. The molecule has 3 aromatic rings. The van der Waals surface area contributed by atoms with E-state index in [1.165, 1.54) is 23.5 Å². The first-order chi connectivity index (χ1) is 13.1. The van der Waals surface area contributed by atoms with E-state index in [2.05, 4.69) is 5.32 Å². The average Bonchev–Trinajstić information content (AvgIpc) is 3.37. The van der Waals surface area contributed by atoms with Gasteiger partial charge in [-0.2, -0.15) is 11.3 Å². The van der Waals surface area contributed by atoms with E-state index in [0.717, 1.165) is 16.0 Å². The molecule has 0 saturated carbocycles. The molecule has 1 amide bonds. The lowest BCUT2D eigenvalue weighted by Crippen LogP contribution is -2.32. The van der Waals surface area contributed by atoms with Crippen molar-refractivity contribution < 1.29 is 18.7 Å². The van der Waals surface area contributed by atoms with Gasteiger partial charge in [-0.25, -0.2) is 4.39 Å². The van der Waals surface area contributed by atoms with Crippen LogP contribution in [0.15, 0.2) is 58.6 Å². The van der Waals surface area contributed by atoms with Gasteiger partial charge in [-0.1, -0.05) is 18.2 Å². The topological polar surface area (TPSA) is 55.4 Å². The number of nitrogens with one attached hydrogen (secondary N) is 1. The van der Waals surface area contributed by atoms with E-state index in [1.807, 2.05) is 34.3 Å². The molecule has 1 aromatic carbocycles. The van der Waals surface area contributed by atoms with Crippen molar-refractivity contribution in [1.82, 2.24) is 5.32 Å². The number of rotatable bonds is 8. The van der Waals surface area contributed by atoms with E-state index in [4.69, 9.17) is 4.74 Å². The average molecular weight is 404 g/mol. The van der Waals surface area contributed by atoms with E-state index < -0.39 is 17.9 Å². The molecule has 1 N–H and O–H groups in total. The van der Waals surface area contributed by atoms with Crippen LogP contribution >= 0.6 is 22.7 Å². The molecule has 0 fully saturated rings. The first kappa shape index (κ1) is 19.3. The summed E-state index contributed by atoms with van der Waals surface area (Å²) in [4.78, 5) is 25.0. The highest BCUT2D eigenvalue weighted by Gasteiger charge is 2.19. The Hall–Kier alpha value is -2.51. The Bertz CT molecular complexity index is 861. The summed E-state index contributed by atoms with van der Waals surface area (Å²) in [7, 11) is 0. The maximum absolute atomic E-state index is 13.2. The second kappa shape index (κ2) is 9.43. The molecule has 0 saturated heterocycles. The summed E-state index contributed by atoms with van der Waals surface area (Å²) in [6, 6.07) is 11.3. The summed E-state index contributed by atoms with van der Waals surface area (Å²) in [5, 5.41) is 8.69. The molecule has 0 bridgehead atoms. The van der Waals surface area contributed by atoms with Crippen LogP contribution in [-0.2, 0) is 20.7 Å². The smallest absolute Gasteiger partial charge is 0.306 e. The van der Waals surface area contributed by atoms with Crippen molar-refractivity contribution in [2.24, 2.45) is 0 Å². The van der Waals surface area contributed by atoms with Gasteiger partial charge in [-0.05, 0) is 58.0 Å². The van der Waals surface area contributed by atoms with Crippen LogP contribution in [0.4, 0.5) is 4.39 Å². The van der Waals surface area contributed by atoms with Gasteiger partial charge in [0.2, 0.25) is 0 Å². The highest BCUT2D eigenvalue weighted by Crippen LogP contribution is 2.26. The van der Waals surface area contributed by atoms with Gasteiger partial charge in [0.1, 0.15) is 5.82 Å². The number of aryl methyl sites for hydroxylation is 1. The van der Waals surface area contributed by atoms with E-state index >= 15 is 0 Å². The number of halogens is 1. The summed E-state index contributed by atoms with van der Waals surface area (Å²) in [5.41, 5.74) is 1.84. The summed E-state index contributed by atoms with van der Waals surface area (Å²) < 4.78 is 18.3. The fourth-order valence-electron chi connectivity index (χ4n) is 2.53. The van der Waals surface area contributed by atoms with Gasteiger partial charge in [-0.3, -0.25) is 9.59 Å². The first-order valence-electron chi connectivity index (χ1n) is 8.37. The van der Waals surface area contributed by atoms with Gasteiger partial charge in [0.05, 0.1) is 6.04 Å². The van der Waals surface area contributed by atoms with Crippen LogP contribution in [0, 0.1) is 5.82 Å². The number of carbonyl (C=O) groups excluding carboxylic acids is 2. The zero-order chi connectivity index (χ0) is 19.1. The fraction of sp³-hybridized carbons (Fsp3) is 0.200. The third-order valence-electron chi connectivity index (χ3n) is 3.90. The SMILES string of the molecule is O=C(COC(=O)CCc1ccsc1)NC(c1ccc(F)cc1)c1cccs1. The minimum absolute atomic E-state index is 0.232. The van der Waals surface area contributed by atoms with Gasteiger partial charge >= 0.3 is 5.97 Å². The van der Waals surface area contributed by atoms with Crippen molar-refractivity contribution in [1.29, 1.82) is 0 Å². The molecule has 2 aromatic heterocycles. The van der Waals surface area contributed by atoms with E-state index in [0.29, 0.717) is 6.42 Å². The molecule has 1 atom stereocenters. The molecule has 0 aliphatic rings. The summed E-state index contributed by atoms with van der Waals surface area (Å²) in [5.74, 6) is -1.15. The standard InChI is InChI=1S/C20H18FNO3S2/c21-16-6-4-15(5-7-16)20(17-2-1-10-27-17)22-18(23)12-25-19(24)8-3-14-9-11-26-13-14/h1-2,4-7,9-11,13,20H,3,8,12H2,(H,22,23). The van der Waals surface area contributed by atoms with Crippen LogP contribution < -0.4 is 5.32 Å². The molecule has 140 valence electrons. The third kappa shape index (κ3) is 5.74. The molecular formula is C20H18FNO3S2. The molecule has 7 heteroatoms. The largest absolute Gasteiger partial charge is 0.456 e. The second-order valence-corrected chi connectivity index (χ2v) is 7.62. The maximum atomic E-state index is 13.2. The monoisotopic (exact) mass is 403 g/mol. The number of thiophene rings is 2. The van der Waals surface area contributed by atoms with Crippen LogP contribution in [0.2, 0.25) is 0 Å². The maximum Gasteiger partial charge on any atom is 0.306 e. The highest BCUT2D eigenvalue weighted by molar-refractivity contribution is 7.10. The predicted molar refractivity (Wildman–Crippen MR) is 104 cm³/mol. The number of carbonyl (C=O) groups is 2. The predicted octanol–water partition coefficient (Wildman–Crippen LogP) is 4.33. The quantitative estimate of drug-likeness (QED) is 0.570. The minimum atomic E-state index is -0.414. The van der Waals surface area contributed by atoms with Crippen molar-refractivity contribution in [3.63, 3.8) is 0 Å². The molecule has 0 radical (unpaired) electrons. The number of hydrogen-bond acceptors (Lipinski definition) is 5. The fourth-order valence-corrected chi connectivity index (χ4v) is 4.04. The van der Waals surface area contributed by atoms with Crippen LogP contribution in [0.1, 0.15) is 28.5 Å². The van der Waals surface area contributed by atoms with E-state index in [9.17, 15) is 14.0 Å². The summed E-state index contributed by atoms with van der Waals surface area (Å²) in [6.45, 7) is -0.342. The van der Waals surface area contributed by atoms with Gasteiger partial charge in [-0.15, -0.1) is 11.3 Å². The molecule has 4 nitrogen and oxygen atoms in total. The Morgan fingerprint density at radius 1 is 1.11 bits per heavy atom. The highest BCUT2D eigenvalue weighted by atomic mass is 32.1. The third-order valence-corrected chi connectivity index (χ3v) is 5.57. The lowest BCUT2D eigenvalue weighted by molar-refractivity contribution is -0.148. The van der Waals surface area contributed by atoms with Crippen LogP contribution in [0.5, 0.6) is 0 Å². The lowest BCUT2D eigenvalue weighted by atomic mass is 10.1. The number of esters is 1. The Balaban J connectivity index is 1.54.